The molecule has 0 fully saturated rings. The molecule has 0 amide bonds. The summed E-state index contributed by atoms with van der Waals surface area (Å²) in [6.45, 7) is 5.00. The number of nitrogens with zero attached hydrogens (tertiary/aromatic N) is 2. The number of alkyl halides is 3. The van der Waals surface area contributed by atoms with Crippen molar-refractivity contribution in [3.8, 4) is 5.69 Å². The lowest BCUT2D eigenvalue weighted by molar-refractivity contribution is -0.138. The molecule has 3 aromatic rings. The number of hydrogen-bond acceptors (Lipinski definition) is 4. The molecule has 0 unspecified atom stereocenters. The number of allylic oxidation sites excluding steroid dienone is 2. The van der Waals surface area contributed by atoms with Gasteiger partial charge in [-0.1, -0.05) is 23.7 Å². The number of carbonyl (C=O) groups is 2. The van der Waals surface area contributed by atoms with Gasteiger partial charge in [0.2, 0.25) is 5.78 Å². The molecule has 0 N–H and O–H groups in total. The molecule has 5 nitrogen and oxygen atoms in total. The highest BCUT2D eigenvalue weighted by atomic mass is 35.5. The van der Waals surface area contributed by atoms with E-state index in [9.17, 15) is 22.8 Å². The fraction of sp³-hybridized carbons (Fsp3) is 0.185. The number of halogens is 4. The molecule has 0 radical (unpaired) electrons. The van der Waals surface area contributed by atoms with Crippen LogP contribution in [-0.2, 0) is 20.5 Å². The molecule has 0 spiro atoms. The number of benzene rings is 2. The van der Waals surface area contributed by atoms with Gasteiger partial charge in [0.05, 0.1) is 24.1 Å². The summed E-state index contributed by atoms with van der Waals surface area (Å²) in [6, 6.07) is 13.7. The molecule has 36 heavy (non-hydrogen) atoms. The van der Waals surface area contributed by atoms with Crippen LogP contribution in [0.3, 0.4) is 0 Å². The molecular formula is C27H22ClF3N2O3. The molecule has 2 aromatic carbocycles. The summed E-state index contributed by atoms with van der Waals surface area (Å²) in [4.78, 5) is 27.4. The van der Waals surface area contributed by atoms with E-state index in [0.717, 1.165) is 6.07 Å². The maximum absolute atomic E-state index is 13.7. The van der Waals surface area contributed by atoms with Crippen molar-refractivity contribution in [2.45, 2.75) is 26.9 Å². The van der Waals surface area contributed by atoms with Crippen LogP contribution >= 0.6 is 11.6 Å². The quantitative estimate of drug-likeness (QED) is 0.222. The van der Waals surface area contributed by atoms with Crippen LogP contribution in [0.5, 0.6) is 0 Å². The zero-order chi connectivity index (χ0) is 26.4. The molecule has 0 saturated heterocycles. The van der Waals surface area contributed by atoms with Crippen molar-refractivity contribution in [1.29, 1.82) is 0 Å². The number of Topliss-reactive ketones (excluding diaryl/α,β-unsaturated/α-hetero) is 1. The molecule has 186 valence electrons. The average molecular weight is 515 g/mol. The topological polar surface area (TPSA) is 51.5 Å². The Morgan fingerprint density at radius 3 is 2.28 bits per heavy atom. The van der Waals surface area contributed by atoms with Crippen LogP contribution < -0.4 is 4.90 Å². The van der Waals surface area contributed by atoms with Crippen LogP contribution in [0.15, 0.2) is 71.6 Å². The van der Waals surface area contributed by atoms with Crippen molar-refractivity contribution in [2.75, 3.05) is 12.0 Å². The number of aryl methyl sites for hydroxylation is 1. The second kappa shape index (κ2) is 9.35. The zero-order valence-electron chi connectivity index (χ0n) is 19.9. The molecule has 4 rings (SSSR count). The minimum atomic E-state index is -4.54. The highest BCUT2D eigenvalue weighted by Gasteiger charge is 2.39. The van der Waals surface area contributed by atoms with E-state index >= 15 is 0 Å². The predicted octanol–water partition coefficient (Wildman–Crippen LogP) is 6.64. The SMILES string of the molecule is COC(=O)C1=C(C)N(c2ccc(Cl)cc2)/C(=C/c2cc(C)n(-c3ccccc3C(F)(F)F)c2C)C1=O. The van der Waals surface area contributed by atoms with Crippen LogP contribution in [-0.4, -0.2) is 23.4 Å². The van der Waals surface area contributed by atoms with Gasteiger partial charge in [-0.2, -0.15) is 13.2 Å². The molecule has 1 aromatic heterocycles. The fourth-order valence-corrected chi connectivity index (χ4v) is 4.57. The van der Waals surface area contributed by atoms with Gasteiger partial charge < -0.3 is 14.2 Å². The van der Waals surface area contributed by atoms with Gasteiger partial charge >= 0.3 is 12.1 Å². The van der Waals surface area contributed by atoms with Gasteiger partial charge in [-0.15, -0.1) is 0 Å². The third kappa shape index (κ3) is 4.33. The number of esters is 1. The molecule has 0 atom stereocenters. The number of anilines is 1. The fourth-order valence-electron chi connectivity index (χ4n) is 4.44. The summed E-state index contributed by atoms with van der Waals surface area (Å²) in [5, 5.41) is 0.497. The van der Waals surface area contributed by atoms with Gasteiger partial charge in [-0.25, -0.2) is 4.79 Å². The van der Waals surface area contributed by atoms with Crippen LogP contribution in [0.1, 0.15) is 29.4 Å². The summed E-state index contributed by atoms with van der Waals surface area (Å²) in [6.07, 6.45) is -2.97. The van der Waals surface area contributed by atoms with E-state index in [2.05, 4.69) is 0 Å². The van der Waals surface area contributed by atoms with E-state index in [1.54, 1.807) is 68.1 Å². The van der Waals surface area contributed by atoms with E-state index in [4.69, 9.17) is 16.3 Å². The minimum absolute atomic E-state index is 0.0125. The molecule has 0 aliphatic carbocycles. The van der Waals surface area contributed by atoms with Crippen LogP contribution in [0.4, 0.5) is 18.9 Å². The molecule has 0 bridgehead atoms. The first kappa shape index (κ1) is 25.3. The van der Waals surface area contributed by atoms with E-state index in [1.165, 1.54) is 23.8 Å². The third-order valence-corrected chi connectivity index (χ3v) is 6.34. The number of methoxy groups -OCH3 is 1. The predicted molar refractivity (Wildman–Crippen MR) is 132 cm³/mol. The first-order valence-corrected chi connectivity index (χ1v) is 11.3. The van der Waals surface area contributed by atoms with E-state index < -0.39 is 23.5 Å². The Hall–Kier alpha value is -3.78. The van der Waals surface area contributed by atoms with Crippen molar-refractivity contribution in [3.05, 3.63) is 99.1 Å². The first-order chi connectivity index (χ1) is 17.0. The lowest BCUT2D eigenvalue weighted by Crippen LogP contribution is -2.18. The van der Waals surface area contributed by atoms with E-state index in [1.807, 2.05) is 0 Å². The van der Waals surface area contributed by atoms with Gasteiger partial charge in [0.15, 0.2) is 0 Å². The Morgan fingerprint density at radius 1 is 1.03 bits per heavy atom. The van der Waals surface area contributed by atoms with Gasteiger partial charge in [-0.3, -0.25) is 4.79 Å². The van der Waals surface area contributed by atoms with Crippen molar-refractivity contribution in [1.82, 2.24) is 4.57 Å². The number of hydrogen-bond donors (Lipinski definition) is 0. The van der Waals surface area contributed by atoms with Crippen molar-refractivity contribution in [3.63, 3.8) is 0 Å². The largest absolute Gasteiger partial charge is 0.465 e. The maximum atomic E-state index is 13.7. The lowest BCUT2D eigenvalue weighted by atomic mass is 10.1. The zero-order valence-corrected chi connectivity index (χ0v) is 20.7. The number of para-hydroxylation sites is 1. The molecule has 1 aliphatic heterocycles. The van der Waals surface area contributed by atoms with Crippen LogP contribution in [0, 0.1) is 13.8 Å². The summed E-state index contributed by atoms with van der Waals surface area (Å²) in [5.74, 6) is -1.32. The van der Waals surface area contributed by atoms with Crippen molar-refractivity contribution in [2.24, 2.45) is 0 Å². The average Bonchev–Trinajstić information content (AvgIpc) is 3.24. The van der Waals surface area contributed by atoms with E-state index in [-0.39, 0.29) is 17.0 Å². The second-order valence-electron chi connectivity index (χ2n) is 8.30. The standard InChI is InChI=1S/C27H22ClF3N2O3/c1-15-13-18(16(2)32(15)22-8-6-5-7-21(22)27(29,30)31)14-23-25(34)24(26(35)36-4)17(3)33(23)20-11-9-19(28)10-12-20/h5-14H,1-4H3/b23-14+. The molecular weight excluding hydrogens is 493 g/mol. The summed E-state index contributed by atoms with van der Waals surface area (Å²) in [5.41, 5.74) is 1.82. The van der Waals surface area contributed by atoms with Gasteiger partial charge in [0.25, 0.3) is 0 Å². The molecule has 0 saturated carbocycles. The number of rotatable bonds is 4. The van der Waals surface area contributed by atoms with Gasteiger partial charge in [0.1, 0.15) is 5.57 Å². The Labute approximate surface area is 211 Å². The lowest BCUT2D eigenvalue weighted by Gasteiger charge is -2.21. The Morgan fingerprint density at radius 2 is 1.67 bits per heavy atom. The number of ether oxygens (including phenoxy) is 1. The van der Waals surface area contributed by atoms with Crippen molar-refractivity contribution >= 4 is 35.1 Å². The minimum Gasteiger partial charge on any atom is -0.465 e. The number of ketones is 1. The summed E-state index contributed by atoms with van der Waals surface area (Å²) < 4.78 is 47.5. The van der Waals surface area contributed by atoms with Crippen LogP contribution in [0.2, 0.25) is 5.02 Å². The van der Waals surface area contributed by atoms with E-state index in [0.29, 0.717) is 33.4 Å². The molecule has 9 heteroatoms. The summed E-state index contributed by atoms with van der Waals surface area (Å²) in [7, 11) is 1.19. The second-order valence-corrected chi connectivity index (χ2v) is 8.74. The smallest absolute Gasteiger partial charge is 0.418 e. The van der Waals surface area contributed by atoms with Crippen molar-refractivity contribution < 1.29 is 27.5 Å². The first-order valence-electron chi connectivity index (χ1n) is 10.9. The third-order valence-electron chi connectivity index (χ3n) is 6.09. The maximum Gasteiger partial charge on any atom is 0.418 e. The normalized spacial score (nSPS) is 15.3. The Bertz CT molecular complexity index is 1430. The Balaban J connectivity index is 1.89. The van der Waals surface area contributed by atoms with Gasteiger partial charge in [-0.05, 0) is 74.9 Å². The molecule has 1 aliphatic rings. The monoisotopic (exact) mass is 514 g/mol. The number of aromatic nitrogens is 1. The highest BCUT2D eigenvalue weighted by Crippen LogP contribution is 2.38. The highest BCUT2D eigenvalue weighted by molar-refractivity contribution is 6.31. The van der Waals surface area contributed by atoms with Gasteiger partial charge in [0, 0.05) is 27.8 Å². The van der Waals surface area contributed by atoms with Crippen LogP contribution in [0.25, 0.3) is 11.8 Å². The summed E-state index contributed by atoms with van der Waals surface area (Å²) >= 11 is 6.03. The number of carbonyl (C=O) groups excluding carboxylic acids is 2. The Kier molecular flexibility index (Phi) is 6.58. The molecule has 2 heterocycles.